The lowest BCUT2D eigenvalue weighted by molar-refractivity contribution is 0.0955. The van der Waals surface area contributed by atoms with Crippen molar-refractivity contribution in [3.63, 3.8) is 0 Å². The normalized spacial score (nSPS) is 23.4. The predicted octanol–water partition coefficient (Wildman–Crippen LogP) is 2.77. The summed E-state index contributed by atoms with van der Waals surface area (Å²) >= 11 is 5.95. The summed E-state index contributed by atoms with van der Waals surface area (Å²) in [6.07, 6.45) is 3.17. The summed E-state index contributed by atoms with van der Waals surface area (Å²) in [7, 11) is 0. The van der Waals surface area contributed by atoms with Crippen LogP contribution in [0.5, 0.6) is 0 Å². The Bertz CT molecular complexity index is 425. The lowest BCUT2D eigenvalue weighted by Gasteiger charge is -2.28. The first-order valence-corrected chi connectivity index (χ1v) is 6.55. The van der Waals surface area contributed by atoms with E-state index in [0.29, 0.717) is 10.7 Å². The average molecular weight is 269 g/mol. The second-order valence-corrected chi connectivity index (χ2v) is 4.94. The summed E-state index contributed by atoms with van der Waals surface area (Å²) in [5.74, 6) is 0. The Kier molecular flexibility index (Phi) is 4.44. The zero-order valence-corrected chi connectivity index (χ0v) is 10.8. The van der Waals surface area contributed by atoms with Crippen LogP contribution in [0.4, 0.5) is 10.5 Å². The van der Waals surface area contributed by atoms with E-state index in [2.05, 4.69) is 10.6 Å². The highest BCUT2D eigenvalue weighted by Gasteiger charge is 2.24. The first-order chi connectivity index (χ1) is 8.66. The fourth-order valence-corrected chi connectivity index (χ4v) is 2.35. The van der Waals surface area contributed by atoms with Crippen molar-refractivity contribution in [1.29, 1.82) is 0 Å². The van der Waals surface area contributed by atoms with Crippen molar-refractivity contribution >= 4 is 23.3 Å². The average Bonchev–Trinajstić information content (AvgIpc) is 2.35. The fraction of sp³-hybridized carbons (Fsp3) is 0.462. The number of hydrogen-bond donors (Lipinski definition) is 3. The van der Waals surface area contributed by atoms with E-state index in [1.807, 2.05) is 0 Å². The van der Waals surface area contributed by atoms with Crippen LogP contribution in [0, 0.1) is 0 Å². The van der Waals surface area contributed by atoms with E-state index in [1.165, 1.54) is 0 Å². The van der Waals surface area contributed by atoms with E-state index in [4.69, 9.17) is 11.6 Å². The van der Waals surface area contributed by atoms with E-state index in [1.54, 1.807) is 24.3 Å². The quantitative estimate of drug-likeness (QED) is 0.772. The second-order valence-electron chi connectivity index (χ2n) is 4.54. The molecule has 1 aromatic carbocycles. The van der Waals surface area contributed by atoms with Gasteiger partial charge >= 0.3 is 6.03 Å². The first-order valence-electron chi connectivity index (χ1n) is 6.17. The molecule has 2 amide bonds. The molecule has 1 aliphatic carbocycles. The van der Waals surface area contributed by atoms with Gasteiger partial charge in [0.05, 0.1) is 22.9 Å². The van der Waals surface area contributed by atoms with Crippen LogP contribution in [0.15, 0.2) is 24.3 Å². The van der Waals surface area contributed by atoms with Gasteiger partial charge in [0.2, 0.25) is 0 Å². The molecular formula is C13H17ClN2O2. The molecule has 2 atom stereocenters. The minimum Gasteiger partial charge on any atom is -0.391 e. The van der Waals surface area contributed by atoms with Gasteiger partial charge < -0.3 is 15.7 Å². The second kappa shape index (κ2) is 6.07. The molecule has 1 aliphatic rings. The summed E-state index contributed by atoms with van der Waals surface area (Å²) < 4.78 is 0. The Morgan fingerprint density at radius 2 is 2.00 bits per heavy atom. The van der Waals surface area contributed by atoms with Crippen LogP contribution in [-0.2, 0) is 0 Å². The molecule has 0 aromatic heterocycles. The summed E-state index contributed by atoms with van der Waals surface area (Å²) in [4.78, 5) is 11.8. The lowest BCUT2D eigenvalue weighted by Crippen LogP contribution is -2.46. The molecule has 0 saturated heterocycles. The molecule has 0 bridgehead atoms. The van der Waals surface area contributed by atoms with Crippen molar-refractivity contribution in [2.24, 2.45) is 0 Å². The standard InChI is InChI=1S/C13H17ClN2O2/c14-9-5-1-2-6-10(9)15-13(18)16-11-7-3-4-8-12(11)17/h1-2,5-6,11-12,17H,3-4,7-8H2,(H2,15,16,18)/t11-,12-/m1/s1. The molecule has 18 heavy (non-hydrogen) atoms. The Morgan fingerprint density at radius 3 is 2.72 bits per heavy atom. The van der Waals surface area contributed by atoms with Crippen LogP contribution in [0.2, 0.25) is 5.02 Å². The van der Waals surface area contributed by atoms with E-state index >= 15 is 0 Å². The third-order valence-electron chi connectivity index (χ3n) is 3.17. The SMILES string of the molecule is O=C(Nc1ccccc1Cl)N[C@@H]1CCCC[C@H]1O. The highest BCUT2D eigenvalue weighted by Crippen LogP contribution is 2.21. The minimum atomic E-state index is -0.448. The highest BCUT2D eigenvalue weighted by molar-refractivity contribution is 6.33. The van der Waals surface area contributed by atoms with E-state index in [-0.39, 0.29) is 12.1 Å². The Labute approximate surface area is 111 Å². The lowest BCUT2D eigenvalue weighted by atomic mass is 9.93. The molecule has 0 radical (unpaired) electrons. The number of hydrogen-bond acceptors (Lipinski definition) is 2. The molecule has 98 valence electrons. The van der Waals surface area contributed by atoms with Gasteiger partial charge in [0.1, 0.15) is 0 Å². The summed E-state index contributed by atoms with van der Waals surface area (Å²) in [5, 5.41) is 15.7. The number of aliphatic hydroxyl groups is 1. The van der Waals surface area contributed by atoms with Crippen molar-refractivity contribution in [2.75, 3.05) is 5.32 Å². The maximum atomic E-state index is 11.8. The molecule has 0 unspecified atom stereocenters. The molecule has 0 aliphatic heterocycles. The van der Waals surface area contributed by atoms with Crippen LogP contribution in [0.1, 0.15) is 25.7 Å². The van der Waals surface area contributed by atoms with Crippen LogP contribution in [0.25, 0.3) is 0 Å². The van der Waals surface area contributed by atoms with Gasteiger partial charge in [-0.3, -0.25) is 0 Å². The fourth-order valence-electron chi connectivity index (χ4n) is 2.17. The van der Waals surface area contributed by atoms with Crippen molar-refractivity contribution in [3.05, 3.63) is 29.3 Å². The molecule has 3 N–H and O–H groups in total. The maximum Gasteiger partial charge on any atom is 0.319 e. The van der Waals surface area contributed by atoms with Crippen LogP contribution >= 0.6 is 11.6 Å². The van der Waals surface area contributed by atoms with Gasteiger partial charge in [-0.1, -0.05) is 36.6 Å². The van der Waals surface area contributed by atoms with Crippen molar-refractivity contribution < 1.29 is 9.90 Å². The molecule has 5 heteroatoms. The van der Waals surface area contributed by atoms with Crippen molar-refractivity contribution in [1.82, 2.24) is 5.32 Å². The van der Waals surface area contributed by atoms with Gasteiger partial charge in [-0.25, -0.2) is 4.79 Å². The highest BCUT2D eigenvalue weighted by atomic mass is 35.5. The topological polar surface area (TPSA) is 61.4 Å². The number of benzene rings is 1. The molecule has 0 spiro atoms. The number of carbonyl (C=O) groups is 1. The number of urea groups is 1. The number of amides is 2. The zero-order chi connectivity index (χ0) is 13.0. The van der Waals surface area contributed by atoms with Gasteiger partial charge in [0.15, 0.2) is 0 Å². The van der Waals surface area contributed by atoms with Gasteiger partial charge in [0.25, 0.3) is 0 Å². The molecular weight excluding hydrogens is 252 g/mol. The van der Waals surface area contributed by atoms with Gasteiger partial charge in [-0.15, -0.1) is 0 Å². The summed E-state index contributed by atoms with van der Waals surface area (Å²) in [6, 6.07) is 6.56. The Balaban J connectivity index is 1.90. The van der Waals surface area contributed by atoms with Crippen LogP contribution < -0.4 is 10.6 Å². The van der Waals surface area contributed by atoms with Gasteiger partial charge in [0, 0.05) is 0 Å². The number of carbonyl (C=O) groups excluding carboxylic acids is 1. The number of para-hydroxylation sites is 1. The molecule has 1 aromatic rings. The van der Waals surface area contributed by atoms with Crippen LogP contribution in [0.3, 0.4) is 0 Å². The molecule has 0 heterocycles. The minimum absolute atomic E-state index is 0.166. The Morgan fingerprint density at radius 1 is 1.28 bits per heavy atom. The number of aliphatic hydroxyl groups excluding tert-OH is 1. The maximum absolute atomic E-state index is 11.8. The smallest absolute Gasteiger partial charge is 0.319 e. The van der Waals surface area contributed by atoms with Gasteiger partial charge in [-0.05, 0) is 25.0 Å². The first kappa shape index (κ1) is 13.2. The molecule has 1 saturated carbocycles. The summed E-state index contributed by atoms with van der Waals surface area (Å²) in [5.41, 5.74) is 0.571. The van der Waals surface area contributed by atoms with Crippen molar-refractivity contribution in [3.8, 4) is 0 Å². The molecule has 1 fully saturated rings. The number of anilines is 1. The zero-order valence-electron chi connectivity index (χ0n) is 10.0. The van der Waals surface area contributed by atoms with E-state index < -0.39 is 6.10 Å². The number of nitrogens with one attached hydrogen (secondary N) is 2. The third kappa shape index (κ3) is 3.37. The third-order valence-corrected chi connectivity index (χ3v) is 3.50. The Hall–Kier alpha value is -1.26. The van der Waals surface area contributed by atoms with Crippen molar-refractivity contribution in [2.45, 2.75) is 37.8 Å². The van der Waals surface area contributed by atoms with E-state index in [0.717, 1.165) is 25.7 Å². The van der Waals surface area contributed by atoms with Gasteiger partial charge in [-0.2, -0.15) is 0 Å². The monoisotopic (exact) mass is 268 g/mol. The van der Waals surface area contributed by atoms with E-state index in [9.17, 15) is 9.90 Å². The van der Waals surface area contributed by atoms with Crippen LogP contribution in [-0.4, -0.2) is 23.3 Å². The predicted molar refractivity (Wildman–Crippen MR) is 71.9 cm³/mol. The number of halogens is 1. The largest absolute Gasteiger partial charge is 0.391 e. The number of rotatable bonds is 2. The molecule has 4 nitrogen and oxygen atoms in total. The summed E-state index contributed by atoms with van der Waals surface area (Å²) in [6.45, 7) is 0. The molecule has 2 rings (SSSR count).